The molecule has 0 aromatic heterocycles. The van der Waals surface area contributed by atoms with Crippen LogP contribution in [0.2, 0.25) is 0 Å². The molecule has 1 aromatic rings. The Morgan fingerprint density at radius 3 is 2.55 bits per heavy atom. The second kappa shape index (κ2) is 6.51. The van der Waals surface area contributed by atoms with E-state index in [1.165, 1.54) is 14.0 Å². The van der Waals surface area contributed by atoms with Gasteiger partial charge < -0.3 is 9.47 Å². The van der Waals surface area contributed by atoms with Crippen LogP contribution in [0.15, 0.2) is 17.0 Å². The summed E-state index contributed by atoms with van der Waals surface area (Å²) in [7, 11) is 2.56. The molecule has 0 saturated heterocycles. The van der Waals surface area contributed by atoms with Crippen molar-refractivity contribution in [2.24, 2.45) is 0 Å². The zero-order valence-corrected chi connectivity index (χ0v) is 12.7. The lowest BCUT2D eigenvalue weighted by molar-refractivity contribution is 0.0115. The van der Waals surface area contributed by atoms with Crippen LogP contribution in [0.25, 0.3) is 0 Å². The summed E-state index contributed by atoms with van der Waals surface area (Å²) in [6.07, 6.45) is -0.594. The van der Waals surface area contributed by atoms with Crippen LogP contribution in [0.4, 0.5) is 4.39 Å². The largest absolute Gasteiger partial charge is 0.457 e. The topological polar surface area (TPSA) is 69.7 Å². The van der Waals surface area contributed by atoms with Crippen LogP contribution in [-0.2, 0) is 18.5 Å². The summed E-state index contributed by atoms with van der Waals surface area (Å²) in [4.78, 5) is 11.5. The van der Waals surface area contributed by atoms with Crippen molar-refractivity contribution >= 4 is 25.7 Å². The normalized spacial score (nSPS) is 13.1. The Kier molecular flexibility index (Phi) is 5.50. The van der Waals surface area contributed by atoms with E-state index in [2.05, 4.69) is 0 Å². The Labute approximate surface area is 121 Å². The molecule has 1 rings (SSSR count). The maximum atomic E-state index is 13.9. The van der Waals surface area contributed by atoms with Gasteiger partial charge in [0.1, 0.15) is 11.9 Å². The predicted octanol–water partition coefficient (Wildman–Crippen LogP) is 2.25. The Morgan fingerprint density at radius 1 is 1.45 bits per heavy atom. The van der Waals surface area contributed by atoms with Crippen molar-refractivity contribution in [1.29, 1.82) is 0 Å². The number of rotatable bonds is 5. The van der Waals surface area contributed by atoms with Crippen molar-refractivity contribution in [2.45, 2.75) is 24.8 Å². The van der Waals surface area contributed by atoms with E-state index in [0.29, 0.717) is 0 Å². The number of halogens is 2. The SMILES string of the molecule is COCC(C)OC(=O)c1cc(S(=O)(=O)Cl)cc(C)c1F. The molecule has 0 N–H and O–H groups in total. The fourth-order valence-corrected chi connectivity index (χ4v) is 2.38. The van der Waals surface area contributed by atoms with Crippen molar-refractivity contribution in [3.05, 3.63) is 29.1 Å². The number of carbonyl (C=O) groups is 1. The number of aryl methyl sites for hydroxylation is 1. The molecule has 1 atom stereocenters. The van der Waals surface area contributed by atoms with Gasteiger partial charge in [-0.05, 0) is 31.5 Å². The van der Waals surface area contributed by atoms with Gasteiger partial charge in [0.2, 0.25) is 0 Å². The number of hydrogen-bond acceptors (Lipinski definition) is 5. The number of benzene rings is 1. The van der Waals surface area contributed by atoms with Crippen molar-refractivity contribution in [3.8, 4) is 0 Å². The van der Waals surface area contributed by atoms with Crippen LogP contribution in [-0.4, -0.2) is 34.2 Å². The molecule has 5 nitrogen and oxygen atoms in total. The molecule has 0 aliphatic carbocycles. The lowest BCUT2D eigenvalue weighted by Crippen LogP contribution is -2.21. The van der Waals surface area contributed by atoms with Gasteiger partial charge in [-0.25, -0.2) is 17.6 Å². The highest BCUT2D eigenvalue weighted by Crippen LogP contribution is 2.23. The third-order valence-corrected chi connectivity index (χ3v) is 3.77. The highest BCUT2D eigenvalue weighted by atomic mass is 35.7. The summed E-state index contributed by atoms with van der Waals surface area (Å²) in [6, 6.07) is 1.90. The van der Waals surface area contributed by atoms with Gasteiger partial charge in [0.25, 0.3) is 9.05 Å². The molecule has 0 aliphatic rings. The van der Waals surface area contributed by atoms with E-state index >= 15 is 0 Å². The van der Waals surface area contributed by atoms with Gasteiger partial charge >= 0.3 is 5.97 Å². The first kappa shape index (κ1) is 16.9. The zero-order valence-electron chi connectivity index (χ0n) is 11.1. The molecule has 112 valence electrons. The Hall–Kier alpha value is -1.18. The van der Waals surface area contributed by atoms with Crippen LogP contribution < -0.4 is 0 Å². The standard InChI is InChI=1S/C12H14ClFO5S/c1-7-4-9(20(13,16)17)5-10(11(7)14)12(15)19-8(2)6-18-3/h4-5,8H,6H2,1-3H3. The number of carbonyl (C=O) groups excluding carboxylic acids is 1. The molecular formula is C12H14ClFO5S. The lowest BCUT2D eigenvalue weighted by atomic mass is 10.1. The van der Waals surface area contributed by atoms with Gasteiger partial charge in [0.05, 0.1) is 17.1 Å². The predicted molar refractivity (Wildman–Crippen MR) is 70.9 cm³/mol. The second-order valence-corrected chi connectivity index (χ2v) is 6.78. The summed E-state index contributed by atoms with van der Waals surface area (Å²) in [5.41, 5.74) is -0.495. The van der Waals surface area contributed by atoms with Crippen LogP contribution in [0.3, 0.4) is 0 Å². The van der Waals surface area contributed by atoms with E-state index < -0.39 is 32.5 Å². The van der Waals surface area contributed by atoms with Gasteiger partial charge in [-0.1, -0.05) is 0 Å². The highest BCUT2D eigenvalue weighted by molar-refractivity contribution is 8.13. The zero-order chi connectivity index (χ0) is 15.5. The third kappa shape index (κ3) is 4.16. The first-order chi connectivity index (χ1) is 9.16. The number of ether oxygens (including phenoxy) is 2. The van der Waals surface area contributed by atoms with Crippen LogP contribution in [0.5, 0.6) is 0 Å². The van der Waals surface area contributed by atoms with Gasteiger partial charge in [-0.2, -0.15) is 0 Å². The lowest BCUT2D eigenvalue weighted by Gasteiger charge is -2.13. The van der Waals surface area contributed by atoms with E-state index in [0.717, 1.165) is 12.1 Å². The summed E-state index contributed by atoms with van der Waals surface area (Å²) >= 11 is 0. The Balaban J connectivity index is 3.17. The minimum absolute atomic E-state index is 0.0157. The molecule has 0 radical (unpaired) electrons. The smallest absolute Gasteiger partial charge is 0.341 e. The molecule has 0 bridgehead atoms. The summed E-state index contributed by atoms with van der Waals surface area (Å²) in [5, 5.41) is 0. The number of methoxy groups -OCH3 is 1. The third-order valence-electron chi connectivity index (χ3n) is 2.44. The number of hydrogen-bond donors (Lipinski definition) is 0. The molecule has 0 spiro atoms. The van der Waals surface area contributed by atoms with Gasteiger partial charge in [0, 0.05) is 17.8 Å². The number of esters is 1. The van der Waals surface area contributed by atoms with Gasteiger partial charge in [-0.3, -0.25) is 0 Å². The minimum Gasteiger partial charge on any atom is -0.457 e. The monoisotopic (exact) mass is 324 g/mol. The van der Waals surface area contributed by atoms with E-state index in [9.17, 15) is 17.6 Å². The fraction of sp³-hybridized carbons (Fsp3) is 0.417. The molecular weight excluding hydrogens is 311 g/mol. The van der Waals surface area contributed by atoms with Crippen LogP contribution in [0, 0.1) is 12.7 Å². The minimum atomic E-state index is -4.06. The molecule has 0 heterocycles. The summed E-state index contributed by atoms with van der Waals surface area (Å²) in [6.45, 7) is 3.03. The maximum absolute atomic E-state index is 13.9. The van der Waals surface area contributed by atoms with E-state index in [1.807, 2.05) is 0 Å². The molecule has 0 saturated carbocycles. The van der Waals surface area contributed by atoms with Crippen LogP contribution >= 0.6 is 10.7 Å². The first-order valence-electron chi connectivity index (χ1n) is 5.61. The van der Waals surface area contributed by atoms with Crippen molar-refractivity contribution in [1.82, 2.24) is 0 Å². The molecule has 0 amide bonds. The molecule has 1 aromatic carbocycles. The highest BCUT2D eigenvalue weighted by Gasteiger charge is 2.22. The van der Waals surface area contributed by atoms with E-state index in [1.54, 1.807) is 6.92 Å². The van der Waals surface area contributed by atoms with E-state index in [4.69, 9.17) is 20.2 Å². The van der Waals surface area contributed by atoms with Gasteiger partial charge in [0.15, 0.2) is 0 Å². The maximum Gasteiger partial charge on any atom is 0.341 e. The summed E-state index contributed by atoms with van der Waals surface area (Å²) in [5.74, 6) is -1.82. The Bertz CT molecular complexity index is 615. The van der Waals surface area contributed by atoms with Crippen molar-refractivity contribution < 1.29 is 27.1 Å². The average molecular weight is 325 g/mol. The van der Waals surface area contributed by atoms with Crippen LogP contribution in [0.1, 0.15) is 22.8 Å². The van der Waals surface area contributed by atoms with Gasteiger partial charge in [-0.15, -0.1) is 0 Å². The average Bonchev–Trinajstić information content (AvgIpc) is 2.31. The molecule has 0 fully saturated rings. The summed E-state index contributed by atoms with van der Waals surface area (Å²) < 4.78 is 46.1. The van der Waals surface area contributed by atoms with E-state index in [-0.39, 0.29) is 17.1 Å². The Morgan fingerprint density at radius 2 is 2.05 bits per heavy atom. The fourth-order valence-electron chi connectivity index (χ4n) is 1.54. The van der Waals surface area contributed by atoms with Crippen molar-refractivity contribution in [2.75, 3.05) is 13.7 Å². The van der Waals surface area contributed by atoms with Crippen molar-refractivity contribution in [3.63, 3.8) is 0 Å². The molecule has 0 aliphatic heterocycles. The molecule has 8 heteroatoms. The molecule has 20 heavy (non-hydrogen) atoms. The first-order valence-corrected chi connectivity index (χ1v) is 7.92. The molecule has 1 unspecified atom stereocenters. The second-order valence-electron chi connectivity index (χ2n) is 4.21. The quantitative estimate of drug-likeness (QED) is 0.613.